The van der Waals surface area contributed by atoms with Crippen molar-refractivity contribution in [1.29, 1.82) is 0 Å². The van der Waals surface area contributed by atoms with E-state index in [1.165, 1.54) is 5.56 Å². The predicted molar refractivity (Wildman–Crippen MR) is 117 cm³/mol. The zero-order valence-electron chi connectivity index (χ0n) is 17.4. The number of aromatic nitrogens is 2. The molecule has 4 rings (SSSR count). The Kier molecular flexibility index (Phi) is 6.12. The summed E-state index contributed by atoms with van der Waals surface area (Å²) in [6, 6.07) is 17.3. The number of aryl methyl sites for hydroxylation is 2. The first-order valence-electron chi connectivity index (χ1n) is 10.1. The van der Waals surface area contributed by atoms with Crippen molar-refractivity contribution < 1.29 is 18.5 Å². The first kappa shape index (κ1) is 20.4. The second-order valence-corrected chi connectivity index (χ2v) is 7.02. The molecule has 31 heavy (non-hydrogen) atoms. The van der Waals surface area contributed by atoms with Crippen LogP contribution in [0, 0.1) is 0 Å². The zero-order chi connectivity index (χ0) is 21.6. The van der Waals surface area contributed by atoms with Crippen LogP contribution in [0.3, 0.4) is 0 Å². The number of amides is 1. The van der Waals surface area contributed by atoms with E-state index in [1.54, 1.807) is 19.4 Å². The third-order valence-corrected chi connectivity index (χ3v) is 4.92. The van der Waals surface area contributed by atoms with Crippen molar-refractivity contribution >= 4 is 11.8 Å². The van der Waals surface area contributed by atoms with Crippen LogP contribution in [0.15, 0.2) is 69.7 Å². The monoisotopic (exact) mass is 417 g/mol. The van der Waals surface area contributed by atoms with Crippen molar-refractivity contribution in [3.63, 3.8) is 0 Å². The number of rotatable bonds is 8. The lowest BCUT2D eigenvalue weighted by Gasteiger charge is -2.01. The molecule has 2 aromatic heterocycles. The lowest BCUT2D eigenvalue weighted by Crippen LogP contribution is -2.11. The van der Waals surface area contributed by atoms with E-state index in [4.69, 9.17) is 13.7 Å². The number of carbonyl (C=O) groups is 1. The fraction of sp³-hybridized carbons (Fsp3) is 0.208. The Morgan fingerprint density at radius 2 is 1.81 bits per heavy atom. The number of hydrogen-bond donors (Lipinski definition) is 1. The number of hydrogen-bond acceptors (Lipinski definition) is 6. The van der Waals surface area contributed by atoms with Gasteiger partial charge in [-0.05, 0) is 36.2 Å². The second-order valence-electron chi connectivity index (χ2n) is 7.02. The summed E-state index contributed by atoms with van der Waals surface area (Å²) < 4.78 is 16.2. The summed E-state index contributed by atoms with van der Waals surface area (Å²) in [7, 11) is 1.62. The number of anilines is 1. The zero-order valence-corrected chi connectivity index (χ0v) is 17.4. The van der Waals surface area contributed by atoms with Crippen LogP contribution in [0.5, 0.6) is 5.75 Å². The van der Waals surface area contributed by atoms with E-state index in [9.17, 15) is 4.79 Å². The van der Waals surface area contributed by atoms with Crippen LogP contribution in [0.4, 0.5) is 5.88 Å². The maximum absolute atomic E-state index is 12.3. The molecule has 0 spiro atoms. The van der Waals surface area contributed by atoms with Crippen LogP contribution in [0.2, 0.25) is 0 Å². The molecule has 0 aliphatic heterocycles. The number of carbonyl (C=O) groups excluding carboxylic acids is 1. The molecule has 0 saturated heterocycles. The van der Waals surface area contributed by atoms with Crippen LogP contribution in [-0.4, -0.2) is 23.2 Å². The maximum atomic E-state index is 12.3. The first-order valence-corrected chi connectivity index (χ1v) is 10.1. The molecule has 0 fully saturated rings. The average Bonchev–Trinajstić information content (AvgIpc) is 3.48. The largest absolute Gasteiger partial charge is 0.497 e. The normalized spacial score (nSPS) is 10.8. The molecule has 4 aromatic rings. The van der Waals surface area contributed by atoms with Gasteiger partial charge in [-0.3, -0.25) is 10.1 Å². The van der Waals surface area contributed by atoms with Crippen LogP contribution >= 0.6 is 0 Å². The number of methoxy groups -OCH3 is 1. The van der Waals surface area contributed by atoms with Gasteiger partial charge in [0, 0.05) is 30.0 Å². The van der Waals surface area contributed by atoms with Gasteiger partial charge in [-0.2, -0.15) is 0 Å². The minimum Gasteiger partial charge on any atom is -0.497 e. The van der Waals surface area contributed by atoms with Crippen molar-refractivity contribution in [2.24, 2.45) is 0 Å². The molecular weight excluding hydrogens is 394 g/mol. The fourth-order valence-corrected chi connectivity index (χ4v) is 3.12. The summed E-state index contributed by atoms with van der Waals surface area (Å²) in [6.07, 6.45) is 3.22. The summed E-state index contributed by atoms with van der Waals surface area (Å²) in [5, 5.41) is 6.76. The Morgan fingerprint density at radius 3 is 2.52 bits per heavy atom. The molecule has 2 heterocycles. The van der Waals surface area contributed by atoms with E-state index in [-0.39, 0.29) is 12.3 Å². The van der Waals surface area contributed by atoms with Gasteiger partial charge in [-0.1, -0.05) is 36.3 Å². The highest BCUT2D eigenvalue weighted by atomic mass is 16.5. The molecule has 1 N–H and O–H groups in total. The lowest BCUT2D eigenvalue weighted by molar-refractivity contribution is -0.116. The number of oxazole rings is 1. The van der Waals surface area contributed by atoms with Crippen molar-refractivity contribution in [3.05, 3.63) is 72.2 Å². The number of nitrogens with one attached hydrogen (secondary N) is 1. The molecule has 0 aliphatic carbocycles. The molecule has 0 bridgehead atoms. The van der Waals surface area contributed by atoms with Crippen LogP contribution in [-0.2, 0) is 17.6 Å². The third kappa shape index (κ3) is 5.01. The third-order valence-electron chi connectivity index (χ3n) is 4.92. The molecule has 0 atom stereocenters. The number of benzene rings is 2. The highest BCUT2D eigenvalue weighted by Crippen LogP contribution is 2.24. The smallest absolute Gasteiger partial charge is 0.231 e. The van der Waals surface area contributed by atoms with Gasteiger partial charge in [0.1, 0.15) is 11.4 Å². The molecule has 7 heteroatoms. The minimum atomic E-state index is -0.201. The molecular formula is C24H23N3O4. The molecule has 158 valence electrons. The molecule has 0 aliphatic rings. The van der Waals surface area contributed by atoms with Gasteiger partial charge in [0.05, 0.1) is 13.3 Å². The van der Waals surface area contributed by atoms with Crippen LogP contribution < -0.4 is 10.1 Å². The van der Waals surface area contributed by atoms with Gasteiger partial charge < -0.3 is 13.7 Å². The van der Waals surface area contributed by atoms with Gasteiger partial charge in [-0.25, -0.2) is 4.98 Å². The Bertz CT molecular complexity index is 1140. The molecule has 0 radical (unpaired) electrons. The SMILES string of the molecule is CCc1ccc(-c2cc(NC(=O)CCc3ncc(-c4ccc(OC)cc4)o3)on2)cc1. The van der Waals surface area contributed by atoms with Crippen molar-refractivity contribution in [3.8, 4) is 28.3 Å². The van der Waals surface area contributed by atoms with E-state index in [1.807, 2.05) is 36.4 Å². The van der Waals surface area contributed by atoms with E-state index >= 15 is 0 Å². The lowest BCUT2D eigenvalue weighted by atomic mass is 10.1. The Hall–Kier alpha value is -3.87. The Labute approximate surface area is 180 Å². The highest BCUT2D eigenvalue weighted by Gasteiger charge is 2.12. The average molecular weight is 417 g/mol. The topological polar surface area (TPSA) is 90.4 Å². The standard InChI is InChI=1S/C24H23N3O4/c1-3-16-4-6-17(7-5-16)20-14-24(31-27-20)26-22(28)12-13-23-25-15-21(30-23)18-8-10-19(29-2)11-9-18/h4-11,14-15H,3,12-13H2,1-2H3,(H,26,28). The van der Waals surface area contributed by atoms with Crippen LogP contribution in [0.25, 0.3) is 22.6 Å². The molecule has 2 aromatic carbocycles. The van der Waals surface area contributed by atoms with Gasteiger partial charge in [-0.15, -0.1) is 0 Å². The summed E-state index contributed by atoms with van der Waals surface area (Å²) in [5.41, 5.74) is 3.76. The van der Waals surface area contributed by atoms with Gasteiger partial charge in [0.15, 0.2) is 11.7 Å². The van der Waals surface area contributed by atoms with E-state index < -0.39 is 0 Å². The van der Waals surface area contributed by atoms with Gasteiger partial charge in [0.2, 0.25) is 11.8 Å². The van der Waals surface area contributed by atoms with E-state index in [0.717, 1.165) is 23.3 Å². The Morgan fingerprint density at radius 1 is 1.06 bits per heavy atom. The van der Waals surface area contributed by atoms with Crippen molar-refractivity contribution in [2.75, 3.05) is 12.4 Å². The van der Waals surface area contributed by atoms with E-state index in [0.29, 0.717) is 29.6 Å². The first-order chi connectivity index (χ1) is 15.1. The summed E-state index contributed by atoms with van der Waals surface area (Å²) >= 11 is 0. The molecule has 1 amide bonds. The summed E-state index contributed by atoms with van der Waals surface area (Å²) in [4.78, 5) is 16.5. The highest BCUT2D eigenvalue weighted by molar-refractivity contribution is 5.89. The van der Waals surface area contributed by atoms with Gasteiger partial charge in [0.25, 0.3) is 0 Å². The van der Waals surface area contributed by atoms with E-state index in [2.05, 4.69) is 34.5 Å². The summed E-state index contributed by atoms with van der Waals surface area (Å²) in [6.45, 7) is 2.11. The van der Waals surface area contributed by atoms with Crippen molar-refractivity contribution in [1.82, 2.24) is 10.1 Å². The minimum absolute atomic E-state index is 0.201. The van der Waals surface area contributed by atoms with Crippen molar-refractivity contribution in [2.45, 2.75) is 26.2 Å². The van der Waals surface area contributed by atoms with Crippen LogP contribution in [0.1, 0.15) is 24.8 Å². The molecule has 0 unspecified atom stereocenters. The number of nitrogens with zero attached hydrogens (tertiary/aromatic N) is 2. The molecule has 0 saturated carbocycles. The fourth-order valence-electron chi connectivity index (χ4n) is 3.12. The molecule has 7 nitrogen and oxygen atoms in total. The quantitative estimate of drug-likeness (QED) is 0.427. The Balaban J connectivity index is 1.31. The maximum Gasteiger partial charge on any atom is 0.231 e. The summed E-state index contributed by atoms with van der Waals surface area (Å²) in [5.74, 6) is 2.02. The number of ether oxygens (including phenoxy) is 1. The van der Waals surface area contributed by atoms with Gasteiger partial charge >= 0.3 is 0 Å². The predicted octanol–water partition coefficient (Wildman–Crippen LogP) is 5.14. The second kappa shape index (κ2) is 9.30.